The largest absolute Gasteiger partial charge is 0.508 e. The van der Waals surface area contributed by atoms with E-state index >= 15 is 0 Å². The van der Waals surface area contributed by atoms with Crippen LogP contribution in [0, 0.1) is 12.3 Å². The van der Waals surface area contributed by atoms with Crippen molar-refractivity contribution in [3.8, 4) is 5.75 Å². The van der Waals surface area contributed by atoms with Crippen molar-refractivity contribution in [1.82, 2.24) is 0 Å². The number of aromatic hydroxyl groups is 1. The lowest BCUT2D eigenvalue weighted by atomic mass is 9.80. The number of hydrogen-bond acceptors (Lipinski definition) is 3. The summed E-state index contributed by atoms with van der Waals surface area (Å²) in [7, 11) is 0. The van der Waals surface area contributed by atoms with E-state index in [0.717, 1.165) is 29.5 Å². The molecule has 1 heterocycles. The number of benzene rings is 1. The highest BCUT2D eigenvalue weighted by molar-refractivity contribution is 5.98. The second-order valence-corrected chi connectivity index (χ2v) is 6.20. The predicted molar refractivity (Wildman–Crippen MR) is 72.8 cm³/mol. The maximum Gasteiger partial charge on any atom is 0.331 e. The number of carbonyl (C=O) groups excluding carboxylic acids is 1. The van der Waals surface area contributed by atoms with Gasteiger partial charge in [0.05, 0.1) is 0 Å². The Morgan fingerprint density at radius 1 is 1.37 bits per heavy atom. The van der Waals surface area contributed by atoms with E-state index in [0.29, 0.717) is 0 Å². The molecule has 0 spiro atoms. The SMILES string of the molecule is Cc1cc2c(cc1O)C1=CC(=O)OC1C(C)(C)CC2. The number of hydrogen-bond donors (Lipinski definition) is 1. The minimum atomic E-state index is -0.277. The van der Waals surface area contributed by atoms with Gasteiger partial charge in [-0.25, -0.2) is 4.79 Å². The topological polar surface area (TPSA) is 46.5 Å². The molecule has 0 aromatic heterocycles. The molecule has 0 radical (unpaired) electrons. The van der Waals surface area contributed by atoms with Gasteiger partial charge >= 0.3 is 5.97 Å². The van der Waals surface area contributed by atoms with Gasteiger partial charge in [-0.15, -0.1) is 0 Å². The molecule has 1 aromatic rings. The van der Waals surface area contributed by atoms with Gasteiger partial charge in [0.1, 0.15) is 11.9 Å². The van der Waals surface area contributed by atoms with Gasteiger partial charge in [-0.1, -0.05) is 19.9 Å². The highest BCUT2D eigenvalue weighted by Gasteiger charge is 2.42. The second-order valence-electron chi connectivity index (χ2n) is 6.20. The Bertz CT molecular complexity index is 596. The molecule has 0 saturated heterocycles. The van der Waals surface area contributed by atoms with Crippen LogP contribution in [0.25, 0.3) is 5.57 Å². The standard InChI is InChI=1S/C16H18O3/c1-9-6-10-4-5-16(2,3)15-12(8-14(18)19-15)11(10)7-13(9)17/h6-8,15,17H,4-5H2,1-3H3. The zero-order chi connectivity index (χ0) is 13.8. The molecule has 3 rings (SSSR count). The van der Waals surface area contributed by atoms with Crippen LogP contribution < -0.4 is 0 Å². The molecule has 1 aliphatic carbocycles. The molecule has 2 aliphatic rings. The Balaban J connectivity index is 2.21. The molecule has 100 valence electrons. The monoisotopic (exact) mass is 258 g/mol. The molecular formula is C16H18O3. The zero-order valence-electron chi connectivity index (χ0n) is 11.5. The first-order valence-electron chi connectivity index (χ1n) is 6.63. The van der Waals surface area contributed by atoms with Gasteiger partial charge in [-0.05, 0) is 42.5 Å². The number of rotatable bonds is 0. The fraction of sp³-hybridized carbons (Fsp3) is 0.438. The van der Waals surface area contributed by atoms with Crippen LogP contribution in [0.15, 0.2) is 18.2 Å². The molecule has 0 amide bonds. The molecule has 19 heavy (non-hydrogen) atoms. The minimum Gasteiger partial charge on any atom is -0.508 e. The number of fused-ring (bicyclic) bond motifs is 3. The molecule has 0 fully saturated rings. The second kappa shape index (κ2) is 3.86. The van der Waals surface area contributed by atoms with Crippen molar-refractivity contribution >= 4 is 11.5 Å². The number of aryl methyl sites for hydroxylation is 2. The summed E-state index contributed by atoms with van der Waals surface area (Å²) in [5, 5.41) is 9.93. The van der Waals surface area contributed by atoms with Crippen LogP contribution >= 0.6 is 0 Å². The third-order valence-corrected chi connectivity index (χ3v) is 4.27. The van der Waals surface area contributed by atoms with Crippen LogP contribution in [0.1, 0.15) is 37.0 Å². The maximum absolute atomic E-state index is 11.6. The van der Waals surface area contributed by atoms with Gasteiger partial charge < -0.3 is 9.84 Å². The average molecular weight is 258 g/mol. The molecule has 0 bridgehead atoms. The van der Waals surface area contributed by atoms with E-state index in [9.17, 15) is 9.90 Å². The first-order valence-corrected chi connectivity index (χ1v) is 6.63. The first kappa shape index (κ1) is 12.3. The first-order chi connectivity index (χ1) is 8.88. The van der Waals surface area contributed by atoms with Crippen molar-refractivity contribution in [3.63, 3.8) is 0 Å². The fourth-order valence-corrected chi connectivity index (χ4v) is 3.04. The lowest BCUT2D eigenvalue weighted by Crippen LogP contribution is -2.30. The number of carbonyl (C=O) groups is 1. The van der Waals surface area contributed by atoms with Crippen molar-refractivity contribution in [2.45, 2.75) is 39.7 Å². The normalized spacial score (nSPS) is 24.1. The van der Waals surface area contributed by atoms with Crippen LogP contribution in [0.2, 0.25) is 0 Å². The van der Waals surface area contributed by atoms with Gasteiger partial charge in [0.15, 0.2) is 0 Å². The van der Waals surface area contributed by atoms with Crippen LogP contribution in [-0.2, 0) is 16.0 Å². The minimum absolute atomic E-state index is 0.0828. The van der Waals surface area contributed by atoms with Crippen molar-refractivity contribution in [2.24, 2.45) is 5.41 Å². The smallest absolute Gasteiger partial charge is 0.331 e. The van der Waals surface area contributed by atoms with E-state index in [4.69, 9.17) is 4.74 Å². The molecule has 3 nitrogen and oxygen atoms in total. The Hall–Kier alpha value is -1.77. The van der Waals surface area contributed by atoms with Crippen LogP contribution in [0.5, 0.6) is 5.75 Å². The molecule has 3 heteroatoms. The summed E-state index contributed by atoms with van der Waals surface area (Å²) in [5.41, 5.74) is 3.86. The highest BCUT2D eigenvalue weighted by atomic mass is 16.5. The molecule has 1 atom stereocenters. The fourth-order valence-electron chi connectivity index (χ4n) is 3.04. The Morgan fingerprint density at radius 3 is 2.84 bits per heavy atom. The Labute approximate surface area is 112 Å². The molecule has 1 unspecified atom stereocenters. The lowest BCUT2D eigenvalue weighted by molar-refractivity contribution is -0.142. The van der Waals surface area contributed by atoms with Gasteiger partial charge in [0.25, 0.3) is 0 Å². The lowest BCUT2D eigenvalue weighted by Gasteiger charge is -2.30. The molecule has 1 aromatic carbocycles. The molecule has 0 saturated carbocycles. The van der Waals surface area contributed by atoms with Crippen LogP contribution in [0.3, 0.4) is 0 Å². The quantitative estimate of drug-likeness (QED) is 0.728. The number of ether oxygens (including phenoxy) is 1. The molecule has 1 aliphatic heterocycles. The summed E-state index contributed by atoms with van der Waals surface area (Å²) in [4.78, 5) is 11.6. The Kier molecular flexibility index (Phi) is 2.49. The summed E-state index contributed by atoms with van der Waals surface area (Å²) in [5.74, 6) is -0.00144. The van der Waals surface area contributed by atoms with Crippen molar-refractivity contribution in [3.05, 3.63) is 34.9 Å². The summed E-state index contributed by atoms with van der Waals surface area (Å²) in [6, 6.07) is 3.79. The van der Waals surface area contributed by atoms with Gasteiger partial charge in [0.2, 0.25) is 0 Å². The van der Waals surface area contributed by atoms with Gasteiger partial charge in [0, 0.05) is 17.1 Å². The van der Waals surface area contributed by atoms with E-state index in [1.165, 1.54) is 5.56 Å². The van der Waals surface area contributed by atoms with Crippen molar-refractivity contribution in [1.29, 1.82) is 0 Å². The number of phenolic OH excluding ortho intramolecular Hbond substituents is 1. The average Bonchev–Trinajstić information content (AvgIpc) is 2.69. The van der Waals surface area contributed by atoms with E-state index in [-0.39, 0.29) is 23.2 Å². The van der Waals surface area contributed by atoms with Gasteiger partial charge in [-0.3, -0.25) is 0 Å². The van der Waals surface area contributed by atoms with E-state index in [2.05, 4.69) is 13.8 Å². The van der Waals surface area contributed by atoms with Crippen LogP contribution in [0.4, 0.5) is 0 Å². The van der Waals surface area contributed by atoms with Crippen LogP contribution in [-0.4, -0.2) is 17.2 Å². The highest BCUT2D eigenvalue weighted by Crippen LogP contribution is 2.45. The third kappa shape index (κ3) is 1.84. The summed E-state index contributed by atoms with van der Waals surface area (Å²) >= 11 is 0. The van der Waals surface area contributed by atoms with Gasteiger partial charge in [-0.2, -0.15) is 0 Å². The summed E-state index contributed by atoms with van der Waals surface area (Å²) in [6.45, 7) is 6.15. The third-order valence-electron chi connectivity index (χ3n) is 4.27. The number of esters is 1. The number of phenols is 1. The summed E-state index contributed by atoms with van der Waals surface area (Å²) in [6.07, 6.45) is 3.27. The van der Waals surface area contributed by atoms with Crippen molar-refractivity contribution < 1.29 is 14.6 Å². The van der Waals surface area contributed by atoms with Crippen molar-refractivity contribution in [2.75, 3.05) is 0 Å². The van der Waals surface area contributed by atoms with E-state index in [1.807, 2.05) is 13.0 Å². The molecule has 1 N–H and O–H groups in total. The maximum atomic E-state index is 11.6. The Morgan fingerprint density at radius 2 is 2.11 bits per heavy atom. The summed E-state index contributed by atoms with van der Waals surface area (Å²) < 4.78 is 5.47. The van der Waals surface area contributed by atoms with E-state index < -0.39 is 0 Å². The predicted octanol–water partition coefficient (Wildman–Crippen LogP) is 2.98. The molecular weight excluding hydrogens is 240 g/mol. The zero-order valence-corrected chi connectivity index (χ0v) is 11.5. The van der Waals surface area contributed by atoms with E-state index in [1.54, 1.807) is 12.1 Å².